The topological polar surface area (TPSA) is 57.4 Å². The monoisotopic (exact) mass is 272 g/mol. The highest BCUT2D eigenvalue weighted by atomic mass is 16.5. The molecular formula is C16H20N2O2. The van der Waals surface area contributed by atoms with Crippen molar-refractivity contribution < 1.29 is 9.47 Å². The first-order valence-electron chi connectivity index (χ1n) is 6.66. The van der Waals surface area contributed by atoms with Gasteiger partial charge in [-0.15, -0.1) is 0 Å². The van der Waals surface area contributed by atoms with Crippen molar-refractivity contribution in [3.05, 3.63) is 53.2 Å². The van der Waals surface area contributed by atoms with Crippen molar-refractivity contribution in [1.29, 1.82) is 0 Å². The highest BCUT2D eigenvalue weighted by molar-refractivity contribution is 5.41. The van der Waals surface area contributed by atoms with Crippen LogP contribution in [-0.2, 0) is 13.0 Å². The third kappa shape index (κ3) is 3.48. The van der Waals surface area contributed by atoms with Crippen LogP contribution in [0, 0.1) is 6.92 Å². The van der Waals surface area contributed by atoms with E-state index >= 15 is 0 Å². The normalized spacial score (nSPS) is 10.3. The fraction of sp³-hybridized carbons (Fsp3) is 0.312. The van der Waals surface area contributed by atoms with E-state index in [1.165, 1.54) is 0 Å². The van der Waals surface area contributed by atoms with Gasteiger partial charge < -0.3 is 15.2 Å². The summed E-state index contributed by atoms with van der Waals surface area (Å²) in [5, 5.41) is 0. The van der Waals surface area contributed by atoms with Gasteiger partial charge in [-0.3, -0.25) is 0 Å². The van der Waals surface area contributed by atoms with Gasteiger partial charge in [0.25, 0.3) is 0 Å². The lowest BCUT2D eigenvalue weighted by molar-refractivity contribution is 0.293. The summed E-state index contributed by atoms with van der Waals surface area (Å²) in [6, 6.07) is 11.8. The van der Waals surface area contributed by atoms with Crippen LogP contribution in [0.3, 0.4) is 0 Å². The SMILES string of the molecule is COc1cccc(COc2c(C)cccc2CCN)n1. The molecule has 2 rings (SSSR count). The van der Waals surface area contributed by atoms with E-state index in [4.69, 9.17) is 15.2 Å². The van der Waals surface area contributed by atoms with Crippen molar-refractivity contribution in [2.45, 2.75) is 20.0 Å². The van der Waals surface area contributed by atoms with Crippen LogP contribution in [0.2, 0.25) is 0 Å². The molecule has 4 heteroatoms. The molecule has 0 fully saturated rings. The van der Waals surface area contributed by atoms with Crippen molar-refractivity contribution in [3.8, 4) is 11.6 Å². The van der Waals surface area contributed by atoms with Gasteiger partial charge in [0.15, 0.2) is 0 Å². The van der Waals surface area contributed by atoms with E-state index in [1.54, 1.807) is 7.11 Å². The fourth-order valence-electron chi connectivity index (χ4n) is 2.07. The lowest BCUT2D eigenvalue weighted by Crippen LogP contribution is -2.07. The molecule has 2 aromatic rings. The predicted octanol–water partition coefficient (Wildman–Crippen LogP) is 2.48. The Balaban J connectivity index is 2.13. The summed E-state index contributed by atoms with van der Waals surface area (Å²) in [6.07, 6.45) is 0.808. The number of aryl methyl sites for hydroxylation is 1. The Kier molecular flexibility index (Phi) is 4.96. The molecule has 1 heterocycles. The third-order valence-electron chi connectivity index (χ3n) is 3.06. The number of nitrogens with two attached hydrogens (primary N) is 1. The zero-order chi connectivity index (χ0) is 14.4. The van der Waals surface area contributed by atoms with Gasteiger partial charge >= 0.3 is 0 Å². The molecule has 1 aromatic heterocycles. The first-order chi connectivity index (χ1) is 9.74. The van der Waals surface area contributed by atoms with Crippen molar-refractivity contribution >= 4 is 0 Å². The zero-order valence-corrected chi connectivity index (χ0v) is 11.9. The molecule has 0 unspecified atom stereocenters. The van der Waals surface area contributed by atoms with Crippen molar-refractivity contribution in [2.24, 2.45) is 5.73 Å². The molecule has 4 nitrogen and oxygen atoms in total. The number of rotatable bonds is 6. The Morgan fingerprint density at radius 2 is 1.95 bits per heavy atom. The van der Waals surface area contributed by atoms with E-state index < -0.39 is 0 Å². The summed E-state index contributed by atoms with van der Waals surface area (Å²) < 4.78 is 11.0. The summed E-state index contributed by atoms with van der Waals surface area (Å²) in [5.41, 5.74) is 8.72. The highest BCUT2D eigenvalue weighted by Crippen LogP contribution is 2.24. The number of methoxy groups -OCH3 is 1. The van der Waals surface area contributed by atoms with E-state index in [2.05, 4.69) is 4.98 Å². The van der Waals surface area contributed by atoms with E-state index in [9.17, 15) is 0 Å². The van der Waals surface area contributed by atoms with E-state index in [0.717, 1.165) is 29.0 Å². The largest absolute Gasteiger partial charge is 0.487 e. The van der Waals surface area contributed by atoms with Crippen LogP contribution >= 0.6 is 0 Å². The molecule has 106 valence electrons. The summed E-state index contributed by atoms with van der Waals surface area (Å²) >= 11 is 0. The Bertz CT molecular complexity index is 570. The van der Waals surface area contributed by atoms with Crippen LogP contribution < -0.4 is 15.2 Å². The maximum absolute atomic E-state index is 5.93. The molecule has 0 aliphatic heterocycles. The summed E-state index contributed by atoms with van der Waals surface area (Å²) in [6.45, 7) is 3.06. The molecule has 0 amide bonds. The van der Waals surface area contributed by atoms with Gasteiger partial charge in [-0.1, -0.05) is 24.3 Å². The van der Waals surface area contributed by atoms with Crippen LogP contribution in [0.15, 0.2) is 36.4 Å². The number of para-hydroxylation sites is 1. The molecule has 0 aliphatic carbocycles. The molecule has 0 bridgehead atoms. The second kappa shape index (κ2) is 6.91. The molecule has 2 N–H and O–H groups in total. The average Bonchev–Trinajstić information content (AvgIpc) is 2.47. The second-order valence-electron chi connectivity index (χ2n) is 4.56. The average molecular weight is 272 g/mol. The highest BCUT2D eigenvalue weighted by Gasteiger charge is 2.07. The molecule has 0 atom stereocenters. The number of nitrogens with zero attached hydrogens (tertiary/aromatic N) is 1. The summed E-state index contributed by atoms with van der Waals surface area (Å²) in [5.74, 6) is 1.50. The van der Waals surface area contributed by atoms with Crippen LogP contribution in [0.5, 0.6) is 11.6 Å². The minimum Gasteiger partial charge on any atom is -0.487 e. The number of hydrogen-bond acceptors (Lipinski definition) is 4. The van der Waals surface area contributed by atoms with Crippen molar-refractivity contribution in [2.75, 3.05) is 13.7 Å². The predicted molar refractivity (Wildman–Crippen MR) is 79.1 cm³/mol. The van der Waals surface area contributed by atoms with Crippen molar-refractivity contribution in [3.63, 3.8) is 0 Å². The maximum Gasteiger partial charge on any atom is 0.213 e. The van der Waals surface area contributed by atoms with Crippen LogP contribution in [0.1, 0.15) is 16.8 Å². The van der Waals surface area contributed by atoms with Gasteiger partial charge in [0.1, 0.15) is 12.4 Å². The lowest BCUT2D eigenvalue weighted by Gasteiger charge is -2.13. The quantitative estimate of drug-likeness (QED) is 0.877. The Labute approximate surface area is 119 Å². The van der Waals surface area contributed by atoms with Gasteiger partial charge in [0.05, 0.1) is 12.8 Å². The van der Waals surface area contributed by atoms with Crippen molar-refractivity contribution in [1.82, 2.24) is 4.98 Å². The van der Waals surface area contributed by atoms with Crippen LogP contribution in [-0.4, -0.2) is 18.6 Å². The second-order valence-corrected chi connectivity index (χ2v) is 4.56. The number of benzene rings is 1. The zero-order valence-electron chi connectivity index (χ0n) is 11.9. The minimum atomic E-state index is 0.416. The van der Waals surface area contributed by atoms with E-state index in [-0.39, 0.29) is 0 Å². The molecule has 20 heavy (non-hydrogen) atoms. The first-order valence-corrected chi connectivity index (χ1v) is 6.66. The number of pyridine rings is 1. The maximum atomic E-state index is 5.93. The Hall–Kier alpha value is -2.07. The smallest absolute Gasteiger partial charge is 0.213 e. The summed E-state index contributed by atoms with van der Waals surface area (Å²) in [7, 11) is 1.60. The third-order valence-corrected chi connectivity index (χ3v) is 3.06. The van der Waals surface area contributed by atoms with E-state index in [0.29, 0.717) is 19.0 Å². The first kappa shape index (κ1) is 14.3. The fourth-order valence-corrected chi connectivity index (χ4v) is 2.07. The molecule has 0 spiro atoms. The van der Waals surface area contributed by atoms with Crippen LogP contribution in [0.4, 0.5) is 0 Å². The molecular weight excluding hydrogens is 252 g/mol. The Morgan fingerprint density at radius 1 is 1.15 bits per heavy atom. The van der Waals surface area contributed by atoms with Gasteiger partial charge in [-0.2, -0.15) is 0 Å². The van der Waals surface area contributed by atoms with Gasteiger partial charge in [-0.25, -0.2) is 4.98 Å². The molecule has 0 aliphatic rings. The standard InChI is InChI=1S/C16H20N2O2/c1-12-5-3-6-13(9-10-17)16(12)20-11-14-7-4-8-15(18-14)19-2/h3-8H,9-11,17H2,1-2H3. The Morgan fingerprint density at radius 3 is 2.70 bits per heavy atom. The van der Waals surface area contributed by atoms with Gasteiger partial charge in [0.2, 0.25) is 5.88 Å². The molecule has 0 saturated heterocycles. The molecule has 0 radical (unpaired) electrons. The molecule has 0 saturated carbocycles. The number of aromatic nitrogens is 1. The van der Waals surface area contributed by atoms with E-state index in [1.807, 2.05) is 43.3 Å². The van der Waals surface area contributed by atoms with Crippen LogP contribution in [0.25, 0.3) is 0 Å². The minimum absolute atomic E-state index is 0.416. The number of ether oxygens (including phenoxy) is 2. The number of hydrogen-bond donors (Lipinski definition) is 1. The van der Waals surface area contributed by atoms with Gasteiger partial charge in [-0.05, 0) is 37.1 Å². The summed E-state index contributed by atoms with van der Waals surface area (Å²) in [4.78, 5) is 4.34. The van der Waals surface area contributed by atoms with Gasteiger partial charge in [0, 0.05) is 6.07 Å². The molecule has 1 aromatic carbocycles. The lowest BCUT2D eigenvalue weighted by atomic mass is 10.1.